The number of hydrogen-bond acceptors (Lipinski definition) is 4. The molecule has 1 aliphatic carbocycles. The maximum Gasteiger partial charge on any atom is 0.222 e. The molecule has 0 aliphatic heterocycles. The van der Waals surface area contributed by atoms with E-state index in [1.807, 2.05) is 17.5 Å². The Labute approximate surface area is 117 Å². The minimum absolute atomic E-state index is 0.0511. The number of carbonyl (C=O) groups excluding carboxylic acids is 1. The molecule has 0 aromatic carbocycles. The van der Waals surface area contributed by atoms with Gasteiger partial charge in [0.2, 0.25) is 15.9 Å². The van der Waals surface area contributed by atoms with Gasteiger partial charge in [-0.1, -0.05) is 12.5 Å². The quantitative estimate of drug-likeness (QED) is 0.817. The minimum Gasteiger partial charge on any atom is -0.369 e. The first-order valence-corrected chi connectivity index (χ1v) is 8.83. The van der Waals surface area contributed by atoms with Gasteiger partial charge in [-0.15, -0.1) is 11.3 Å². The lowest BCUT2D eigenvalue weighted by atomic mass is 10.0. The molecule has 0 bridgehead atoms. The van der Waals surface area contributed by atoms with Gasteiger partial charge >= 0.3 is 0 Å². The van der Waals surface area contributed by atoms with Gasteiger partial charge in [0.25, 0.3) is 0 Å². The second-order valence-electron chi connectivity index (χ2n) is 4.81. The van der Waals surface area contributed by atoms with Crippen LogP contribution < -0.4 is 10.5 Å². The average molecular weight is 302 g/mol. The van der Waals surface area contributed by atoms with E-state index >= 15 is 0 Å². The van der Waals surface area contributed by atoms with Gasteiger partial charge in [0.1, 0.15) is 0 Å². The number of nitrogens with two attached hydrogens (primary N) is 1. The summed E-state index contributed by atoms with van der Waals surface area (Å²) in [6, 6.07) is 3.49. The van der Waals surface area contributed by atoms with Crippen molar-refractivity contribution in [2.75, 3.05) is 5.75 Å². The van der Waals surface area contributed by atoms with Crippen molar-refractivity contribution in [1.82, 2.24) is 4.72 Å². The molecule has 0 spiro atoms. The van der Waals surface area contributed by atoms with Crippen molar-refractivity contribution in [2.24, 2.45) is 11.7 Å². The summed E-state index contributed by atoms with van der Waals surface area (Å²) in [6.45, 7) is 0. The van der Waals surface area contributed by atoms with Crippen LogP contribution in [0.15, 0.2) is 17.5 Å². The topological polar surface area (TPSA) is 89.3 Å². The van der Waals surface area contributed by atoms with Gasteiger partial charge in [-0.05, 0) is 30.7 Å². The van der Waals surface area contributed by atoms with Crippen molar-refractivity contribution in [3.63, 3.8) is 0 Å². The van der Waals surface area contributed by atoms with Crippen molar-refractivity contribution in [3.05, 3.63) is 22.4 Å². The number of carbonyl (C=O) groups is 1. The normalized spacial score (nSPS) is 23.6. The highest BCUT2D eigenvalue weighted by Crippen LogP contribution is 2.26. The summed E-state index contributed by atoms with van der Waals surface area (Å²) in [5, 5.41) is 1.93. The number of aryl methyl sites for hydroxylation is 1. The smallest absolute Gasteiger partial charge is 0.222 e. The van der Waals surface area contributed by atoms with Crippen molar-refractivity contribution in [3.8, 4) is 0 Å². The van der Waals surface area contributed by atoms with Gasteiger partial charge in [0.15, 0.2) is 0 Å². The van der Waals surface area contributed by atoms with Crippen LogP contribution in [0.5, 0.6) is 0 Å². The SMILES string of the molecule is NC(=O)[C@H]1CCC[C@H]1NS(=O)(=O)CCc1cccs1. The van der Waals surface area contributed by atoms with Crippen LogP contribution in [0.4, 0.5) is 0 Å². The third-order valence-electron chi connectivity index (χ3n) is 3.41. The molecule has 1 heterocycles. The van der Waals surface area contributed by atoms with Crippen molar-refractivity contribution < 1.29 is 13.2 Å². The molecule has 0 saturated heterocycles. The predicted molar refractivity (Wildman–Crippen MR) is 75.3 cm³/mol. The molecule has 3 N–H and O–H groups in total. The van der Waals surface area contributed by atoms with E-state index in [1.54, 1.807) is 11.3 Å². The van der Waals surface area contributed by atoms with E-state index in [9.17, 15) is 13.2 Å². The van der Waals surface area contributed by atoms with Crippen LogP contribution in [0.3, 0.4) is 0 Å². The molecule has 19 heavy (non-hydrogen) atoms. The molecular formula is C12H18N2O3S2. The molecule has 2 rings (SSSR count). The van der Waals surface area contributed by atoms with E-state index < -0.39 is 15.9 Å². The van der Waals surface area contributed by atoms with E-state index in [1.165, 1.54) is 0 Å². The molecule has 1 amide bonds. The minimum atomic E-state index is -3.36. The summed E-state index contributed by atoms with van der Waals surface area (Å²) >= 11 is 1.55. The van der Waals surface area contributed by atoms with Crippen LogP contribution in [0, 0.1) is 5.92 Å². The maximum atomic E-state index is 12.0. The number of sulfonamides is 1. The van der Waals surface area contributed by atoms with Crippen LogP contribution in [0.25, 0.3) is 0 Å². The zero-order chi connectivity index (χ0) is 13.9. The fourth-order valence-electron chi connectivity index (χ4n) is 2.42. The summed E-state index contributed by atoms with van der Waals surface area (Å²) in [5.41, 5.74) is 5.29. The Morgan fingerprint density at radius 3 is 2.89 bits per heavy atom. The predicted octanol–water partition coefficient (Wildman–Crippen LogP) is 0.864. The first-order chi connectivity index (χ1) is 8.98. The van der Waals surface area contributed by atoms with Crippen molar-refractivity contribution in [2.45, 2.75) is 31.7 Å². The Balaban J connectivity index is 1.91. The van der Waals surface area contributed by atoms with Crippen LogP contribution in [0.2, 0.25) is 0 Å². The largest absolute Gasteiger partial charge is 0.369 e. The van der Waals surface area contributed by atoms with Crippen molar-refractivity contribution in [1.29, 1.82) is 0 Å². The number of rotatable bonds is 6. The number of primary amides is 1. The molecule has 1 fully saturated rings. The van der Waals surface area contributed by atoms with Gasteiger partial charge < -0.3 is 5.73 Å². The Bertz CT molecular complexity index is 525. The summed E-state index contributed by atoms with van der Waals surface area (Å²) < 4.78 is 26.6. The van der Waals surface area contributed by atoms with E-state index in [-0.39, 0.29) is 17.7 Å². The first-order valence-electron chi connectivity index (χ1n) is 6.29. The fourth-order valence-corrected chi connectivity index (χ4v) is 4.61. The Hall–Kier alpha value is -0.920. The van der Waals surface area contributed by atoms with Gasteiger partial charge in [-0.2, -0.15) is 0 Å². The molecule has 1 aromatic heterocycles. The molecule has 0 radical (unpaired) electrons. The molecule has 2 atom stereocenters. The Kier molecular flexibility index (Phi) is 4.59. The van der Waals surface area contributed by atoms with Crippen molar-refractivity contribution >= 4 is 27.3 Å². The lowest BCUT2D eigenvalue weighted by molar-refractivity contribution is -0.122. The van der Waals surface area contributed by atoms with Crippen LogP contribution >= 0.6 is 11.3 Å². The third kappa shape index (κ3) is 4.02. The molecular weight excluding hydrogens is 284 g/mol. The number of amides is 1. The van der Waals surface area contributed by atoms with Crippen LogP contribution in [-0.2, 0) is 21.2 Å². The molecule has 5 nitrogen and oxygen atoms in total. The number of thiophene rings is 1. The highest BCUT2D eigenvalue weighted by atomic mass is 32.2. The second-order valence-corrected chi connectivity index (χ2v) is 7.72. The molecule has 1 aromatic rings. The maximum absolute atomic E-state index is 12.0. The first kappa shape index (κ1) is 14.5. The van der Waals surface area contributed by atoms with Crippen LogP contribution in [-0.4, -0.2) is 26.1 Å². The third-order valence-corrected chi connectivity index (χ3v) is 5.75. The lowest BCUT2D eigenvalue weighted by Crippen LogP contribution is -2.43. The zero-order valence-corrected chi connectivity index (χ0v) is 12.2. The van der Waals surface area contributed by atoms with Gasteiger partial charge in [-0.3, -0.25) is 4.79 Å². The monoisotopic (exact) mass is 302 g/mol. The molecule has 0 unspecified atom stereocenters. The molecule has 106 valence electrons. The zero-order valence-electron chi connectivity index (χ0n) is 10.5. The standard InChI is InChI=1S/C12H18N2O3S2/c13-12(15)10-4-1-5-11(10)14-19(16,17)8-6-9-3-2-7-18-9/h2-3,7,10-11,14H,1,4-6,8H2,(H2,13,15)/t10-,11+/m0/s1. The summed E-state index contributed by atoms with van der Waals surface area (Å²) in [6.07, 6.45) is 2.70. The fraction of sp³-hybridized carbons (Fsp3) is 0.583. The van der Waals surface area contributed by atoms with E-state index in [4.69, 9.17) is 5.73 Å². The molecule has 1 aliphatic rings. The number of nitrogens with one attached hydrogen (secondary N) is 1. The highest BCUT2D eigenvalue weighted by Gasteiger charge is 2.34. The summed E-state index contributed by atoms with van der Waals surface area (Å²) in [4.78, 5) is 12.3. The Morgan fingerprint density at radius 2 is 2.26 bits per heavy atom. The lowest BCUT2D eigenvalue weighted by Gasteiger charge is -2.18. The molecule has 1 saturated carbocycles. The van der Waals surface area contributed by atoms with E-state index in [2.05, 4.69) is 4.72 Å². The number of hydrogen-bond donors (Lipinski definition) is 2. The Morgan fingerprint density at radius 1 is 1.47 bits per heavy atom. The summed E-state index contributed by atoms with van der Waals surface area (Å²) in [7, 11) is -3.36. The van der Waals surface area contributed by atoms with Crippen LogP contribution in [0.1, 0.15) is 24.1 Å². The molecule has 7 heteroatoms. The summed E-state index contributed by atoms with van der Waals surface area (Å²) in [5.74, 6) is -0.727. The van der Waals surface area contributed by atoms with Gasteiger partial charge in [0.05, 0.1) is 11.7 Å². The van der Waals surface area contributed by atoms with E-state index in [0.717, 1.165) is 11.3 Å². The average Bonchev–Trinajstić information content (AvgIpc) is 2.95. The van der Waals surface area contributed by atoms with Gasteiger partial charge in [-0.25, -0.2) is 13.1 Å². The highest BCUT2D eigenvalue weighted by molar-refractivity contribution is 7.89. The van der Waals surface area contributed by atoms with Gasteiger partial charge in [0, 0.05) is 10.9 Å². The second kappa shape index (κ2) is 6.02. The van der Waals surface area contributed by atoms with E-state index in [0.29, 0.717) is 19.3 Å².